The molecule has 8 heteroatoms. The van der Waals surface area contributed by atoms with Crippen molar-refractivity contribution >= 4 is 41.0 Å². The van der Waals surface area contributed by atoms with Crippen molar-refractivity contribution in [2.75, 3.05) is 41.1 Å². The second-order valence-electron chi connectivity index (χ2n) is 9.48. The largest absolute Gasteiger partial charge is 0.371 e. The molecule has 3 fully saturated rings. The smallest absolute Gasteiger partial charge is 0.243 e. The highest BCUT2D eigenvalue weighted by atomic mass is 32.2. The second-order valence-corrected chi connectivity index (χ2v) is 11.6. The maximum absolute atomic E-state index is 13.2. The van der Waals surface area contributed by atoms with Gasteiger partial charge in [-0.2, -0.15) is 11.8 Å². The Morgan fingerprint density at radius 2 is 1.85 bits per heavy atom. The highest BCUT2D eigenvalue weighted by Crippen LogP contribution is 2.27. The fourth-order valence-electron chi connectivity index (χ4n) is 4.95. The first-order valence-corrected chi connectivity index (χ1v) is 14.8. The van der Waals surface area contributed by atoms with Crippen LogP contribution >= 0.6 is 23.5 Å². The molecule has 2 aliphatic heterocycles. The average molecular weight is 491 g/mol. The lowest BCUT2D eigenvalue weighted by molar-refractivity contribution is -0.129. The van der Waals surface area contributed by atoms with E-state index in [2.05, 4.69) is 45.1 Å². The number of rotatable bonds is 9. The number of amides is 2. The van der Waals surface area contributed by atoms with E-state index in [1.54, 1.807) is 11.8 Å². The van der Waals surface area contributed by atoms with Gasteiger partial charge >= 0.3 is 0 Å². The molecule has 0 bridgehead atoms. The van der Waals surface area contributed by atoms with Gasteiger partial charge in [-0.05, 0) is 49.5 Å². The Bertz CT molecular complexity index is 746. The molecule has 0 spiro atoms. The number of nitrogens with zero attached hydrogens (tertiary/aromatic N) is 1. The van der Waals surface area contributed by atoms with E-state index in [-0.39, 0.29) is 23.9 Å². The summed E-state index contributed by atoms with van der Waals surface area (Å²) in [6.45, 7) is 1.87. The van der Waals surface area contributed by atoms with Crippen LogP contribution in [0.2, 0.25) is 0 Å². The van der Waals surface area contributed by atoms with Crippen LogP contribution in [0.4, 0.5) is 5.69 Å². The molecule has 4 rings (SSSR count). The Hall–Kier alpha value is -1.38. The van der Waals surface area contributed by atoms with Crippen LogP contribution in [-0.2, 0) is 9.59 Å². The third-order valence-corrected chi connectivity index (χ3v) is 9.21. The summed E-state index contributed by atoms with van der Waals surface area (Å²) in [6.07, 6.45) is 8.49. The normalized spacial score (nSPS) is 23.3. The molecule has 0 radical (unpaired) electrons. The van der Waals surface area contributed by atoms with E-state index in [4.69, 9.17) is 0 Å². The van der Waals surface area contributed by atoms with Crippen LogP contribution < -0.4 is 20.9 Å². The number of hydrogen-bond donors (Lipinski definition) is 3. The molecule has 0 aromatic heterocycles. The van der Waals surface area contributed by atoms with E-state index < -0.39 is 6.04 Å². The van der Waals surface area contributed by atoms with Crippen LogP contribution in [0.3, 0.4) is 0 Å². The van der Waals surface area contributed by atoms with E-state index in [1.807, 2.05) is 17.8 Å². The Morgan fingerprint density at radius 3 is 2.55 bits per heavy atom. The molecule has 2 heterocycles. The number of benzene rings is 1. The lowest BCUT2D eigenvalue weighted by atomic mass is 9.91. The number of nitrogens with one attached hydrogen (secondary N) is 3. The highest BCUT2D eigenvalue weighted by molar-refractivity contribution is 7.99. The van der Waals surface area contributed by atoms with Crippen LogP contribution in [0.15, 0.2) is 30.3 Å². The van der Waals surface area contributed by atoms with Gasteiger partial charge in [-0.1, -0.05) is 37.5 Å². The number of carbonyl (C=O) groups is 2. The Labute approximate surface area is 206 Å². The third-order valence-electron chi connectivity index (χ3n) is 6.99. The number of piperidine rings is 1. The zero-order chi connectivity index (χ0) is 22.9. The van der Waals surface area contributed by atoms with E-state index >= 15 is 0 Å². The molecule has 0 unspecified atom stereocenters. The molecule has 3 aliphatic rings. The predicted molar refractivity (Wildman–Crippen MR) is 140 cm³/mol. The van der Waals surface area contributed by atoms with Gasteiger partial charge in [0.1, 0.15) is 6.04 Å². The number of thioether (sulfide) groups is 2. The summed E-state index contributed by atoms with van der Waals surface area (Å²) in [6, 6.07) is 9.97. The molecule has 1 aromatic carbocycles. The quantitative estimate of drug-likeness (QED) is 0.494. The summed E-state index contributed by atoms with van der Waals surface area (Å²) in [7, 11) is 0. The molecule has 1 saturated carbocycles. The molecule has 33 heavy (non-hydrogen) atoms. The number of anilines is 1. The van der Waals surface area contributed by atoms with Gasteiger partial charge in [-0.15, -0.1) is 11.8 Å². The zero-order valence-electron chi connectivity index (χ0n) is 19.5. The number of carbonyl (C=O) groups excluding carboxylic acids is 2. The van der Waals surface area contributed by atoms with E-state index in [0.29, 0.717) is 5.75 Å². The van der Waals surface area contributed by atoms with Crippen molar-refractivity contribution in [1.29, 1.82) is 0 Å². The van der Waals surface area contributed by atoms with Crippen LogP contribution in [0.5, 0.6) is 0 Å². The Morgan fingerprint density at radius 1 is 1.09 bits per heavy atom. The van der Waals surface area contributed by atoms with Gasteiger partial charge in [0.2, 0.25) is 11.8 Å². The van der Waals surface area contributed by atoms with Gasteiger partial charge in [0.05, 0.1) is 6.04 Å². The van der Waals surface area contributed by atoms with Gasteiger partial charge in [-0.3, -0.25) is 14.9 Å². The fourth-order valence-corrected chi connectivity index (χ4v) is 7.16. The fraction of sp³-hybridized carbons (Fsp3) is 0.680. The van der Waals surface area contributed by atoms with Crippen LogP contribution in [0, 0.1) is 5.92 Å². The standard InChI is InChI=1S/C25H38N4O2S2/c30-24(22-16-33-18-26-22)28-23(17-32-15-19-7-3-1-4-8-19)25(31)27-20-11-13-29(14-12-20)21-9-5-2-6-10-21/h2,5-6,9-10,19-20,22-23,26H,1,3-4,7-8,11-18H2,(H,27,31)(H,28,30)/t22-,23-/m0/s1. The summed E-state index contributed by atoms with van der Waals surface area (Å²) in [5, 5.41) is 9.54. The van der Waals surface area contributed by atoms with E-state index in [9.17, 15) is 9.59 Å². The lowest BCUT2D eigenvalue weighted by Gasteiger charge is -2.34. The number of hydrogen-bond acceptors (Lipinski definition) is 6. The first-order valence-electron chi connectivity index (χ1n) is 12.5. The minimum atomic E-state index is -0.467. The Kier molecular flexibility index (Phi) is 9.68. The zero-order valence-corrected chi connectivity index (χ0v) is 21.1. The van der Waals surface area contributed by atoms with Crippen molar-refractivity contribution in [2.45, 2.75) is 63.1 Å². The summed E-state index contributed by atoms with van der Waals surface area (Å²) >= 11 is 3.56. The molecule has 1 aliphatic carbocycles. The van der Waals surface area contributed by atoms with Crippen molar-refractivity contribution in [3.63, 3.8) is 0 Å². The Balaban J connectivity index is 1.27. The van der Waals surface area contributed by atoms with Crippen molar-refractivity contribution in [3.05, 3.63) is 30.3 Å². The van der Waals surface area contributed by atoms with Crippen molar-refractivity contribution < 1.29 is 9.59 Å². The number of para-hydroxylation sites is 1. The van der Waals surface area contributed by atoms with Gasteiger partial charge < -0.3 is 15.5 Å². The van der Waals surface area contributed by atoms with Crippen molar-refractivity contribution in [3.8, 4) is 0 Å². The van der Waals surface area contributed by atoms with E-state index in [0.717, 1.165) is 49.2 Å². The summed E-state index contributed by atoms with van der Waals surface area (Å²) in [4.78, 5) is 28.3. The van der Waals surface area contributed by atoms with Crippen molar-refractivity contribution in [2.24, 2.45) is 5.92 Å². The van der Waals surface area contributed by atoms with Crippen LogP contribution in [0.25, 0.3) is 0 Å². The van der Waals surface area contributed by atoms with Gasteiger partial charge in [0.25, 0.3) is 0 Å². The van der Waals surface area contributed by atoms with Gasteiger partial charge in [0.15, 0.2) is 0 Å². The molecule has 1 aromatic rings. The SMILES string of the molecule is O=C(N[C@@H](CSCC1CCCCC1)C(=O)NC1CCN(c2ccccc2)CC1)[C@@H]1CSCN1. The highest BCUT2D eigenvalue weighted by Gasteiger charge is 2.30. The maximum Gasteiger partial charge on any atom is 0.243 e. The minimum absolute atomic E-state index is 0.0247. The van der Waals surface area contributed by atoms with Gasteiger partial charge in [-0.25, -0.2) is 0 Å². The third kappa shape index (κ3) is 7.55. The molecule has 6 nitrogen and oxygen atoms in total. The van der Waals surface area contributed by atoms with Crippen molar-refractivity contribution in [1.82, 2.24) is 16.0 Å². The minimum Gasteiger partial charge on any atom is -0.371 e. The summed E-state index contributed by atoms with van der Waals surface area (Å²) in [5.74, 6) is 4.00. The first kappa shape index (κ1) is 24.7. The maximum atomic E-state index is 13.2. The summed E-state index contributed by atoms with van der Waals surface area (Å²) < 4.78 is 0. The monoisotopic (exact) mass is 490 g/mol. The molecule has 2 atom stereocenters. The average Bonchev–Trinajstić information content (AvgIpc) is 3.40. The summed E-state index contributed by atoms with van der Waals surface area (Å²) in [5.41, 5.74) is 1.24. The van der Waals surface area contributed by atoms with E-state index in [1.165, 1.54) is 37.8 Å². The molecule has 3 N–H and O–H groups in total. The van der Waals surface area contributed by atoms with Crippen LogP contribution in [-0.4, -0.2) is 66.2 Å². The molecule has 182 valence electrons. The van der Waals surface area contributed by atoms with Crippen LogP contribution in [0.1, 0.15) is 44.9 Å². The molecule has 2 amide bonds. The predicted octanol–water partition coefficient (Wildman–Crippen LogP) is 3.23. The molecular weight excluding hydrogens is 452 g/mol. The lowest BCUT2D eigenvalue weighted by Crippen LogP contribution is -2.56. The topological polar surface area (TPSA) is 73.5 Å². The second kappa shape index (κ2) is 12.9. The molecular formula is C25H38N4O2S2. The first-order chi connectivity index (χ1) is 16.2. The van der Waals surface area contributed by atoms with Gasteiger partial charge in [0, 0.05) is 42.2 Å². The molecule has 2 saturated heterocycles.